The van der Waals surface area contributed by atoms with Crippen molar-refractivity contribution in [3.05, 3.63) is 41.5 Å². The van der Waals surface area contributed by atoms with Crippen molar-refractivity contribution in [3.8, 4) is 5.75 Å². The van der Waals surface area contributed by atoms with Crippen molar-refractivity contribution in [3.63, 3.8) is 0 Å². The van der Waals surface area contributed by atoms with E-state index in [2.05, 4.69) is 31.8 Å². The molecule has 1 aliphatic heterocycles. The highest BCUT2D eigenvalue weighted by atomic mass is 16.5. The van der Waals surface area contributed by atoms with E-state index in [0.717, 1.165) is 36.9 Å². The Labute approximate surface area is 138 Å². The van der Waals surface area contributed by atoms with Crippen LogP contribution in [-0.4, -0.2) is 45.9 Å². The minimum Gasteiger partial charge on any atom is -0.497 e. The van der Waals surface area contributed by atoms with Crippen LogP contribution < -0.4 is 4.74 Å². The van der Waals surface area contributed by atoms with E-state index in [9.17, 15) is 0 Å². The third-order valence-electron chi connectivity index (χ3n) is 4.69. The summed E-state index contributed by atoms with van der Waals surface area (Å²) in [6.07, 6.45) is 3.61. The van der Waals surface area contributed by atoms with Crippen molar-refractivity contribution in [2.24, 2.45) is 0 Å². The Morgan fingerprint density at radius 3 is 2.65 bits per heavy atom. The average molecular weight is 314 g/mol. The smallest absolute Gasteiger partial charge is 0.147 e. The Hall–Kier alpha value is -1.88. The lowest BCUT2D eigenvalue weighted by Gasteiger charge is -2.24. The first-order chi connectivity index (χ1) is 11.2. The maximum Gasteiger partial charge on any atom is 0.147 e. The number of hydrogen-bond acceptors (Lipinski definition) is 4. The average Bonchev–Trinajstić information content (AvgIpc) is 3.12. The third kappa shape index (κ3) is 3.91. The zero-order chi connectivity index (χ0) is 16.2. The number of benzene rings is 1. The lowest BCUT2D eigenvalue weighted by atomic mass is 10.1. The molecule has 1 atom stereocenters. The van der Waals surface area contributed by atoms with E-state index in [1.807, 2.05) is 26.0 Å². The normalized spacial score (nSPS) is 18.5. The SMILES string of the molecule is COc1ccc(CCN2CCC[C@H]2Cn2nc(C)nc2C)cc1. The van der Waals surface area contributed by atoms with Gasteiger partial charge in [-0.25, -0.2) is 9.67 Å². The van der Waals surface area contributed by atoms with Crippen LogP contribution in [0.2, 0.25) is 0 Å². The number of rotatable bonds is 6. The maximum absolute atomic E-state index is 5.22. The quantitative estimate of drug-likeness (QED) is 0.822. The van der Waals surface area contributed by atoms with Crippen molar-refractivity contribution < 1.29 is 4.74 Å². The number of ether oxygens (including phenoxy) is 1. The molecule has 1 aromatic carbocycles. The molecule has 0 N–H and O–H groups in total. The van der Waals surface area contributed by atoms with E-state index >= 15 is 0 Å². The largest absolute Gasteiger partial charge is 0.497 e. The van der Waals surface area contributed by atoms with Gasteiger partial charge in [0.15, 0.2) is 0 Å². The summed E-state index contributed by atoms with van der Waals surface area (Å²) in [7, 11) is 1.71. The van der Waals surface area contributed by atoms with Gasteiger partial charge < -0.3 is 4.74 Å². The van der Waals surface area contributed by atoms with Gasteiger partial charge in [0.2, 0.25) is 0 Å². The van der Waals surface area contributed by atoms with Crippen LogP contribution >= 0.6 is 0 Å². The molecule has 0 bridgehead atoms. The zero-order valence-electron chi connectivity index (χ0n) is 14.3. The van der Waals surface area contributed by atoms with Crippen LogP contribution in [0.1, 0.15) is 30.1 Å². The summed E-state index contributed by atoms with van der Waals surface area (Å²) in [5.41, 5.74) is 1.37. The summed E-state index contributed by atoms with van der Waals surface area (Å²) in [5.74, 6) is 2.81. The molecule has 2 heterocycles. The topological polar surface area (TPSA) is 43.2 Å². The second-order valence-electron chi connectivity index (χ2n) is 6.32. The van der Waals surface area contributed by atoms with Crippen LogP contribution in [0.4, 0.5) is 0 Å². The van der Waals surface area contributed by atoms with Crippen LogP contribution in [-0.2, 0) is 13.0 Å². The summed E-state index contributed by atoms with van der Waals surface area (Å²) in [6.45, 7) is 7.24. The molecule has 0 amide bonds. The first-order valence-electron chi connectivity index (χ1n) is 8.41. The number of aryl methyl sites for hydroxylation is 2. The first-order valence-corrected chi connectivity index (χ1v) is 8.41. The van der Waals surface area contributed by atoms with Gasteiger partial charge in [-0.2, -0.15) is 5.10 Å². The zero-order valence-corrected chi connectivity index (χ0v) is 14.3. The van der Waals surface area contributed by atoms with Crippen molar-refractivity contribution >= 4 is 0 Å². The molecular weight excluding hydrogens is 288 g/mol. The number of methoxy groups -OCH3 is 1. The standard InChI is InChI=1S/C18H26N4O/c1-14-19-15(2)22(20-14)13-17-5-4-11-21(17)12-10-16-6-8-18(23-3)9-7-16/h6-9,17H,4-5,10-13H2,1-3H3/t17-/m0/s1. The Morgan fingerprint density at radius 1 is 1.22 bits per heavy atom. The Bertz CT molecular complexity index is 635. The summed E-state index contributed by atoms with van der Waals surface area (Å²) < 4.78 is 7.28. The lowest BCUT2D eigenvalue weighted by Crippen LogP contribution is -2.35. The predicted octanol–water partition coefficient (Wildman–Crippen LogP) is 2.61. The molecule has 23 heavy (non-hydrogen) atoms. The molecular formula is C18H26N4O. The van der Waals surface area contributed by atoms with Gasteiger partial charge in [-0.15, -0.1) is 0 Å². The summed E-state index contributed by atoms with van der Waals surface area (Å²) in [5, 5.41) is 4.51. The van der Waals surface area contributed by atoms with Crippen molar-refractivity contribution in [1.82, 2.24) is 19.7 Å². The van der Waals surface area contributed by atoms with Gasteiger partial charge >= 0.3 is 0 Å². The molecule has 5 nitrogen and oxygen atoms in total. The number of hydrogen-bond donors (Lipinski definition) is 0. The number of aromatic nitrogens is 3. The predicted molar refractivity (Wildman–Crippen MR) is 90.8 cm³/mol. The van der Waals surface area contributed by atoms with E-state index < -0.39 is 0 Å². The molecule has 5 heteroatoms. The van der Waals surface area contributed by atoms with Crippen molar-refractivity contribution in [1.29, 1.82) is 0 Å². The summed E-state index contributed by atoms with van der Waals surface area (Å²) in [4.78, 5) is 7.01. The van der Waals surface area contributed by atoms with E-state index in [4.69, 9.17) is 4.74 Å². The molecule has 1 saturated heterocycles. The van der Waals surface area contributed by atoms with Crippen LogP contribution in [0.15, 0.2) is 24.3 Å². The monoisotopic (exact) mass is 314 g/mol. The summed E-state index contributed by atoms with van der Waals surface area (Å²) >= 11 is 0. The van der Waals surface area contributed by atoms with Gasteiger partial charge in [0.1, 0.15) is 17.4 Å². The van der Waals surface area contributed by atoms with E-state index in [0.29, 0.717) is 6.04 Å². The van der Waals surface area contributed by atoms with Gasteiger partial charge in [0.25, 0.3) is 0 Å². The molecule has 0 unspecified atom stereocenters. The van der Waals surface area contributed by atoms with E-state index in [1.165, 1.54) is 24.9 Å². The first kappa shape index (κ1) is 16.0. The third-order valence-corrected chi connectivity index (χ3v) is 4.69. The molecule has 124 valence electrons. The van der Waals surface area contributed by atoms with Gasteiger partial charge in [-0.1, -0.05) is 12.1 Å². The molecule has 1 fully saturated rings. The fourth-order valence-electron chi connectivity index (χ4n) is 3.40. The molecule has 2 aromatic rings. The van der Waals surface area contributed by atoms with Crippen LogP contribution in [0.5, 0.6) is 5.75 Å². The Morgan fingerprint density at radius 2 is 2.00 bits per heavy atom. The second-order valence-corrected chi connectivity index (χ2v) is 6.32. The number of nitrogens with zero attached hydrogens (tertiary/aromatic N) is 4. The van der Waals surface area contributed by atoms with E-state index in [1.54, 1.807) is 7.11 Å². The van der Waals surface area contributed by atoms with Gasteiger partial charge in [-0.3, -0.25) is 4.90 Å². The molecule has 3 rings (SSSR count). The highest BCUT2D eigenvalue weighted by molar-refractivity contribution is 5.27. The van der Waals surface area contributed by atoms with Crippen LogP contribution in [0, 0.1) is 13.8 Å². The molecule has 0 spiro atoms. The van der Waals surface area contributed by atoms with Crippen molar-refractivity contribution in [2.75, 3.05) is 20.2 Å². The fourth-order valence-corrected chi connectivity index (χ4v) is 3.40. The number of likely N-dealkylation sites (tertiary alicyclic amines) is 1. The van der Waals surface area contributed by atoms with Gasteiger partial charge in [0, 0.05) is 12.6 Å². The molecule has 0 aliphatic carbocycles. The fraction of sp³-hybridized carbons (Fsp3) is 0.556. The van der Waals surface area contributed by atoms with Crippen molar-refractivity contribution in [2.45, 2.75) is 45.7 Å². The molecule has 0 radical (unpaired) electrons. The Balaban J connectivity index is 1.57. The Kier molecular flexibility index (Phi) is 4.96. The second kappa shape index (κ2) is 7.13. The van der Waals surface area contributed by atoms with Gasteiger partial charge in [-0.05, 0) is 57.4 Å². The van der Waals surface area contributed by atoms with Gasteiger partial charge in [0.05, 0.1) is 13.7 Å². The maximum atomic E-state index is 5.22. The molecule has 1 aromatic heterocycles. The van der Waals surface area contributed by atoms with Crippen LogP contribution in [0.3, 0.4) is 0 Å². The molecule has 1 aliphatic rings. The minimum absolute atomic E-state index is 0.577. The van der Waals surface area contributed by atoms with Crippen LogP contribution in [0.25, 0.3) is 0 Å². The summed E-state index contributed by atoms with van der Waals surface area (Å²) in [6, 6.07) is 8.98. The van der Waals surface area contributed by atoms with E-state index in [-0.39, 0.29) is 0 Å². The highest BCUT2D eigenvalue weighted by Gasteiger charge is 2.25. The molecule has 0 saturated carbocycles. The highest BCUT2D eigenvalue weighted by Crippen LogP contribution is 2.20. The minimum atomic E-state index is 0.577. The lowest BCUT2D eigenvalue weighted by molar-refractivity contribution is 0.228.